The van der Waals surface area contributed by atoms with E-state index in [-0.39, 0.29) is 0 Å². The van der Waals surface area contributed by atoms with E-state index >= 15 is 0 Å². The molecule has 0 amide bonds. The Morgan fingerprint density at radius 1 is 1.23 bits per heavy atom. The number of nitrogens with one attached hydrogen (secondary N) is 1. The van der Waals surface area contributed by atoms with E-state index < -0.39 is 0 Å². The Balaban J connectivity index is 1.79. The molecule has 1 aromatic carbocycles. The summed E-state index contributed by atoms with van der Waals surface area (Å²) in [5, 5.41) is 8.26. The lowest BCUT2D eigenvalue weighted by atomic mass is 10.1. The normalized spacial score (nSPS) is 11.8. The number of thiazole rings is 1. The van der Waals surface area contributed by atoms with Gasteiger partial charge < -0.3 is 11.1 Å². The second-order valence-electron chi connectivity index (χ2n) is 4.68. The predicted octanol–water partition coefficient (Wildman–Crippen LogP) is 3.63. The van der Waals surface area contributed by atoms with Gasteiger partial charge in [-0.3, -0.25) is 0 Å². The Kier molecular flexibility index (Phi) is 4.62. The van der Waals surface area contributed by atoms with E-state index in [0.29, 0.717) is 5.84 Å². The third-order valence-electron chi connectivity index (χ3n) is 3.07. The first kappa shape index (κ1) is 14.9. The summed E-state index contributed by atoms with van der Waals surface area (Å²) in [6.45, 7) is 0.796. The van der Waals surface area contributed by atoms with Crippen LogP contribution in [0.15, 0.2) is 52.2 Å². The minimum atomic E-state index is 0.549. The van der Waals surface area contributed by atoms with Crippen LogP contribution in [0.4, 0.5) is 5.69 Å². The van der Waals surface area contributed by atoms with Gasteiger partial charge in [-0.2, -0.15) is 0 Å². The maximum atomic E-state index is 6.00. The summed E-state index contributed by atoms with van der Waals surface area (Å²) in [7, 11) is 1.92. The fraction of sp³-hybridized carbons (Fsp3) is 0.125. The van der Waals surface area contributed by atoms with E-state index in [9.17, 15) is 0 Å². The molecule has 3 aromatic rings. The van der Waals surface area contributed by atoms with E-state index in [2.05, 4.69) is 20.7 Å². The van der Waals surface area contributed by atoms with Crippen LogP contribution in [-0.4, -0.2) is 17.9 Å². The number of hydrogen-bond acceptors (Lipinski definition) is 5. The fourth-order valence-electron chi connectivity index (χ4n) is 2.00. The van der Waals surface area contributed by atoms with Crippen molar-refractivity contribution in [3.63, 3.8) is 0 Å². The van der Waals surface area contributed by atoms with Crippen LogP contribution in [0.5, 0.6) is 0 Å². The van der Waals surface area contributed by atoms with Gasteiger partial charge in [0.1, 0.15) is 10.8 Å². The molecule has 0 aliphatic carbocycles. The van der Waals surface area contributed by atoms with E-state index in [1.165, 1.54) is 0 Å². The molecule has 4 nitrogen and oxygen atoms in total. The molecule has 0 bridgehead atoms. The molecule has 3 rings (SSSR count). The monoisotopic (exact) mass is 328 g/mol. The van der Waals surface area contributed by atoms with E-state index in [0.717, 1.165) is 33.4 Å². The second-order valence-corrected chi connectivity index (χ2v) is 6.57. The first-order valence-electron chi connectivity index (χ1n) is 6.84. The summed E-state index contributed by atoms with van der Waals surface area (Å²) < 4.78 is 0. The maximum absolute atomic E-state index is 6.00. The van der Waals surface area contributed by atoms with Crippen LogP contribution >= 0.6 is 22.7 Å². The van der Waals surface area contributed by atoms with Gasteiger partial charge in [0.15, 0.2) is 0 Å². The van der Waals surface area contributed by atoms with Crippen molar-refractivity contribution in [2.45, 2.75) is 6.54 Å². The molecular formula is C16H16N4S2. The Morgan fingerprint density at radius 3 is 2.73 bits per heavy atom. The number of nitrogens with two attached hydrogens (primary N) is 1. The summed E-state index contributed by atoms with van der Waals surface area (Å²) in [5.41, 5.74) is 8.93. The minimum absolute atomic E-state index is 0.549. The molecular weight excluding hydrogens is 312 g/mol. The molecule has 0 saturated heterocycles. The minimum Gasteiger partial charge on any atom is -0.383 e. The van der Waals surface area contributed by atoms with Crippen molar-refractivity contribution in [2.75, 3.05) is 7.05 Å². The number of rotatable bonds is 5. The molecule has 112 valence electrons. The van der Waals surface area contributed by atoms with Crippen molar-refractivity contribution in [1.29, 1.82) is 0 Å². The van der Waals surface area contributed by atoms with Gasteiger partial charge in [0.05, 0.1) is 16.3 Å². The SMILES string of the molecule is CNCc1nc(-c2ccc(N=C(N)c3cccs3)cc2)cs1. The van der Waals surface area contributed by atoms with E-state index in [4.69, 9.17) is 5.73 Å². The fourth-order valence-corrected chi connectivity index (χ4v) is 3.44. The van der Waals surface area contributed by atoms with Crippen LogP contribution in [0.2, 0.25) is 0 Å². The molecule has 6 heteroatoms. The number of thiophene rings is 1. The zero-order chi connectivity index (χ0) is 15.4. The van der Waals surface area contributed by atoms with Gasteiger partial charge in [0.2, 0.25) is 0 Å². The van der Waals surface area contributed by atoms with Crippen LogP contribution in [0, 0.1) is 0 Å². The van der Waals surface area contributed by atoms with Crippen molar-refractivity contribution in [3.05, 3.63) is 57.0 Å². The highest BCUT2D eigenvalue weighted by Crippen LogP contribution is 2.24. The summed E-state index contributed by atoms with van der Waals surface area (Å²) >= 11 is 3.25. The first-order valence-corrected chi connectivity index (χ1v) is 8.59. The highest BCUT2D eigenvalue weighted by atomic mass is 32.1. The molecule has 0 fully saturated rings. The first-order chi connectivity index (χ1) is 10.8. The largest absolute Gasteiger partial charge is 0.383 e. The number of aromatic nitrogens is 1. The van der Waals surface area contributed by atoms with Crippen molar-refractivity contribution in [3.8, 4) is 11.3 Å². The smallest absolute Gasteiger partial charge is 0.141 e. The molecule has 2 aromatic heterocycles. The highest BCUT2D eigenvalue weighted by molar-refractivity contribution is 7.12. The average Bonchev–Trinajstić information content (AvgIpc) is 3.20. The summed E-state index contributed by atoms with van der Waals surface area (Å²) in [4.78, 5) is 10.0. The van der Waals surface area contributed by atoms with Crippen LogP contribution in [0.25, 0.3) is 11.3 Å². The lowest BCUT2D eigenvalue weighted by molar-refractivity contribution is 0.811. The zero-order valence-electron chi connectivity index (χ0n) is 12.1. The number of amidine groups is 1. The van der Waals surface area contributed by atoms with Crippen LogP contribution in [0.1, 0.15) is 9.88 Å². The second kappa shape index (κ2) is 6.83. The maximum Gasteiger partial charge on any atom is 0.141 e. The standard InChI is InChI=1S/C16H16N4S2/c1-18-9-15-20-13(10-22-15)11-4-6-12(7-5-11)19-16(17)14-3-2-8-21-14/h2-8,10,18H,9H2,1H3,(H2,17,19). The number of hydrogen-bond donors (Lipinski definition) is 2. The quantitative estimate of drug-likeness (QED) is 0.555. The summed E-state index contributed by atoms with van der Waals surface area (Å²) in [6, 6.07) is 11.9. The molecule has 3 N–H and O–H groups in total. The zero-order valence-corrected chi connectivity index (χ0v) is 13.7. The van der Waals surface area contributed by atoms with E-state index in [1.54, 1.807) is 22.7 Å². The van der Waals surface area contributed by atoms with Crippen molar-refractivity contribution in [2.24, 2.45) is 10.7 Å². The van der Waals surface area contributed by atoms with Gasteiger partial charge in [0.25, 0.3) is 0 Å². The van der Waals surface area contributed by atoms with Gasteiger partial charge in [-0.25, -0.2) is 9.98 Å². The van der Waals surface area contributed by atoms with Gasteiger partial charge >= 0.3 is 0 Å². The molecule has 0 atom stereocenters. The van der Waals surface area contributed by atoms with Gasteiger partial charge in [-0.1, -0.05) is 18.2 Å². The molecule has 0 aliphatic rings. The van der Waals surface area contributed by atoms with Gasteiger partial charge in [-0.15, -0.1) is 22.7 Å². The molecule has 0 radical (unpaired) electrons. The number of aliphatic imine (C=N–C) groups is 1. The predicted molar refractivity (Wildman–Crippen MR) is 95.0 cm³/mol. The Bertz CT molecular complexity index is 758. The van der Waals surface area contributed by atoms with Crippen LogP contribution in [-0.2, 0) is 6.54 Å². The third kappa shape index (κ3) is 3.41. The average molecular weight is 328 g/mol. The van der Waals surface area contributed by atoms with Gasteiger partial charge in [-0.05, 0) is 30.6 Å². The highest BCUT2D eigenvalue weighted by Gasteiger charge is 2.04. The Morgan fingerprint density at radius 2 is 2.05 bits per heavy atom. The Labute approximate surface area is 137 Å². The molecule has 0 saturated carbocycles. The topological polar surface area (TPSA) is 63.3 Å². The van der Waals surface area contributed by atoms with Crippen molar-refractivity contribution < 1.29 is 0 Å². The molecule has 2 heterocycles. The lowest BCUT2D eigenvalue weighted by Crippen LogP contribution is -2.10. The summed E-state index contributed by atoms with van der Waals surface area (Å²) in [5.74, 6) is 0.549. The Hall–Kier alpha value is -2.02. The molecule has 0 unspecified atom stereocenters. The van der Waals surface area contributed by atoms with Crippen molar-refractivity contribution in [1.82, 2.24) is 10.3 Å². The molecule has 22 heavy (non-hydrogen) atoms. The molecule has 0 spiro atoms. The lowest BCUT2D eigenvalue weighted by Gasteiger charge is -2.00. The van der Waals surface area contributed by atoms with Crippen LogP contribution < -0.4 is 11.1 Å². The number of benzene rings is 1. The third-order valence-corrected chi connectivity index (χ3v) is 4.81. The van der Waals surface area contributed by atoms with Crippen molar-refractivity contribution >= 4 is 34.2 Å². The molecule has 0 aliphatic heterocycles. The van der Waals surface area contributed by atoms with Crippen LogP contribution in [0.3, 0.4) is 0 Å². The summed E-state index contributed by atoms with van der Waals surface area (Å²) in [6.07, 6.45) is 0. The number of nitrogens with zero attached hydrogens (tertiary/aromatic N) is 2. The van der Waals surface area contributed by atoms with E-state index in [1.807, 2.05) is 48.8 Å². The van der Waals surface area contributed by atoms with Gasteiger partial charge in [0, 0.05) is 17.5 Å².